The third kappa shape index (κ3) is 4.01. The molecule has 152 valence electrons. The summed E-state index contributed by atoms with van der Waals surface area (Å²) >= 11 is 3.33. The van der Waals surface area contributed by atoms with Crippen molar-refractivity contribution in [2.24, 2.45) is 0 Å². The first-order chi connectivity index (χ1) is 13.2. The second-order valence-corrected chi connectivity index (χ2v) is 7.50. The highest BCUT2D eigenvalue weighted by Crippen LogP contribution is 2.20. The number of unbranched alkanes of at least 4 members (excludes halogenated alkanes) is 1. The lowest BCUT2D eigenvalue weighted by molar-refractivity contribution is -0.384. The number of aryl methyl sites for hydroxylation is 1. The molecule has 0 aliphatic carbocycles. The average molecular weight is 456 g/mol. The van der Waals surface area contributed by atoms with Crippen molar-refractivity contribution in [3.63, 3.8) is 0 Å². The van der Waals surface area contributed by atoms with Crippen LogP contribution in [0.1, 0.15) is 33.6 Å². The fourth-order valence-corrected chi connectivity index (χ4v) is 3.34. The molecule has 0 radical (unpaired) electrons. The number of carbonyl (C=O) groups excluding carboxylic acids is 1. The molecule has 0 aliphatic rings. The van der Waals surface area contributed by atoms with Gasteiger partial charge in [-0.2, -0.15) is 0 Å². The number of rotatable bonds is 8. The summed E-state index contributed by atoms with van der Waals surface area (Å²) in [6.07, 6.45) is 1.44. The first kappa shape index (κ1) is 21.8. The van der Waals surface area contributed by atoms with E-state index in [9.17, 15) is 24.5 Å². The van der Waals surface area contributed by atoms with Crippen molar-refractivity contribution in [2.75, 3.05) is 11.9 Å². The van der Waals surface area contributed by atoms with Crippen LogP contribution in [0.15, 0.2) is 27.8 Å². The Balaban J connectivity index is 2.86. The number of nitrogens with zero attached hydrogens (tertiary/aromatic N) is 3. The molecule has 1 heterocycles. The molecule has 0 fully saturated rings. The Labute approximate surface area is 169 Å². The van der Waals surface area contributed by atoms with Gasteiger partial charge in [0.1, 0.15) is 5.54 Å². The van der Waals surface area contributed by atoms with E-state index < -0.39 is 27.7 Å². The Morgan fingerprint density at radius 3 is 2.54 bits per heavy atom. The number of esters is 1. The zero-order valence-electron chi connectivity index (χ0n) is 15.9. The van der Waals surface area contributed by atoms with Gasteiger partial charge in [0.2, 0.25) is 0 Å². The van der Waals surface area contributed by atoms with Crippen molar-refractivity contribution >= 4 is 38.5 Å². The van der Waals surface area contributed by atoms with Crippen molar-refractivity contribution < 1.29 is 14.5 Å². The van der Waals surface area contributed by atoms with E-state index in [0.29, 0.717) is 18.5 Å². The maximum absolute atomic E-state index is 13.1. The largest absolute Gasteiger partial charge is 0.464 e. The van der Waals surface area contributed by atoms with E-state index in [1.165, 1.54) is 30.5 Å². The van der Waals surface area contributed by atoms with Crippen LogP contribution < -0.4 is 11.2 Å². The topological polar surface area (TPSA) is 113 Å². The van der Waals surface area contributed by atoms with E-state index in [2.05, 4.69) is 15.9 Å². The van der Waals surface area contributed by atoms with Gasteiger partial charge in [0.25, 0.3) is 11.2 Å². The monoisotopic (exact) mass is 455 g/mol. The normalized spacial score (nSPS) is 11.6. The van der Waals surface area contributed by atoms with Gasteiger partial charge in [-0.15, -0.1) is 0 Å². The minimum Gasteiger partial charge on any atom is -0.464 e. The number of halogens is 1. The third-order valence-corrected chi connectivity index (χ3v) is 5.00. The molecule has 9 nitrogen and oxygen atoms in total. The summed E-state index contributed by atoms with van der Waals surface area (Å²) < 4.78 is 7.23. The molecule has 0 bridgehead atoms. The number of ether oxygens (including phenoxy) is 1. The number of aromatic nitrogens is 2. The smallest absolute Gasteiger partial charge is 0.332 e. The van der Waals surface area contributed by atoms with Gasteiger partial charge in [0.15, 0.2) is 0 Å². The van der Waals surface area contributed by atoms with Gasteiger partial charge in [-0.1, -0.05) is 15.9 Å². The zero-order chi connectivity index (χ0) is 21.1. The van der Waals surface area contributed by atoms with Gasteiger partial charge in [-0.05, 0) is 39.7 Å². The van der Waals surface area contributed by atoms with Crippen LogP contribution >= 0.6 is 15.9 Å². The van der Waals surface area contributed by atoms with Crippen LogP contribution in [0.3, 0.4) is 0 Å². The summed E-state index contributed by atoms with van der Waals surface area (Å²) in [5, 5.41) is 11.9. The molecule has 28 heavy (non-hydrogen) atoms. The lowest BCUT2D eigenvalue weighted by Crippen LogP contribution is -2.53. The highest BCUT2D eigenvalue weighted by Gasteiger charge is 2.36. The fraction of sp³-hybridized carbons (Fsp3) is 0.500. The highest BCUT2D eigenvalue weighted by molar-refractivity contribution is 9.09. The molecule has 0 saturated carbocycles. The predicted octanol–water partition coefficient (Wildman–Crippen LogP) is 2.54. The fourth-order valence-electron chi connectivity index (χ4n) is 2.95. The number of non-ortho nitro benzene ring substituents is 1. The molecule has 10 heteroatoms. The van der Waals surface area contributed by atoms with Crippen LogP contribution in [0, 0.1) is 10.1 Å². The molecule has 0 N–H and O–H groups in total. The quantitative estimate of drug-likeness (QED) is 0.198. The van der Waals surface area contributed by atoms with E-state index in [1.54, 1.807) is 6.92 Å². The van der Waals surface area contributed by atoms with Crippen molar-refractivity contribution in [1.29, 1.82) is 0 Å². The number of hydrogen-bond donors (Lipinski definition) is 0. The number of carbonyl (C=O) groups is 1. The van der Waals surface area contributed by atoms with E-state index in [1.807, 2.05) is 0 Å². The van der Waals surface area contributed by atoms with Gasteiger partial charge >= 0.3 is 11.7 Å². The highest BCUT2D eigenvalue weighted by atomic mass is 79.9. The predicted molar refractivity (Wildman–Crippen MR) is 108 cm³/mol. The van der Waals surface area contributed by atoms with Crippen molar-refractivity contribution in [3.8, 4) is 0 Å². The molecule has 0 atom stereocenters. The lowest BCUT2D eigenvalue weighted by atomic mass is 10.1. The first-order valence-corrected chi connectivity index (χ1v) is 9.96. The molecule has 1 aromatic heterocycles. The maximum atomic E-state index is 13.1. The van der Waals surface area contributed by atoms with E-state index in [-0.39, 0.29) is 17.7 Å². The molecule has 0 spiro atoms. The van der Waals surface area contributed by atoms with Crippen LogP contribution in [-0.4, -0.2) is 32.0 Å². The third-order valence-electron chi connectivity index (χ3n) is 4.44. The molecule has 2 rings (SSSR count). The average Bonchev–Trinajstić information content (AvgIpc) is 2.64. The summed E-state index contributed by atoms with van der Waals surface area (Å²) in [4.78, 5) is 49.2. The number of nitro benzene ring substituents is 1. The van der Waals surface area contributed by atoms with Crippen molar-refractivity contribution in [3.05, 3.63) is 49.2 Å². The second kappa shape index (κ2) is 8.68. The molecule has 0 amide bonds. The second-order valence-electron chi connectivity index (χ2n) is 6.71. The van der Waals surface area contributed by atoms with Gasteiger partial charge in [-0.25, -0.2) is 14.2 Å². The van der Waals surface area contributed by atoms with Crippen molar-refractivity contribution in [1.82, 2.24) is 9.13 Å². The zero-order valence-corrected chi connectivity index (χ0v) is 17.5. The van der Waals surface area contributed by atoms with Gasteiger partial charge < -0.3 is 4.74 Å². The van der Waals surface area contributed by atoms with Crippen LogP contribution in [0.25, 0.3) is 10.9 Å². The molecular weight excluding hydrogens is 434 g/mol. The minimum atomic E-state index is -1.57. The summed E-state index contributed by atoms with van der Waals surface area (Å²) in [7, 11) is 0. The Hall–Kier alpha value is -2.49. The van der Waals surface area contributed by atoms with Crippen LogP contribution in [0.5, 0.6) is 0 Å². The molecular formula is C18H22BrN3O6. The Morgan fingerprint density at radius 1 is 1.29 bits per heavy atom. The summed E-state index contributed by atoms with van der Waals surface area (Å²) in [5.41, 5.74) is -2.96. The Kier molecular flexibility index (Phi) is 6.76. The number of alkyl halides is 1. The molecule has 1 aromatic carbocycles. The number of benzene rings is 1. The number of fused-ring (bicyclic) bond motifs is 1. The van der Waals surface area contributed by atoms with E-state index in [4.69, 9.17) is 4.74 Å². The lowest BCUT2D eigenvalue weighted by Gasteiger charge is -2.26. The number of nitro groups is 1. The summed E-state index contributed by atoms with van der Waals surface area (Å²) in [5.74, 6) is -0.731. The molecule has 0 aliphatic heterocycles. The number of hydrogen-bond acceptors (Lipinski definition) is 6. The van der Waals surface area contributed by atoms with E-state index in [0.717, 1.165) is 22.4 Å². The van der Waals surface area contributed by atoms with Crippen LogP contribution in [0.4, 0.5) is 5.69 Å². The van der Waals surface area contributed by atoms with Gasteiger partial charge in [0, 0.05) is 24.0 Å². The summed E-state index contributed by atoms with van der Waals surface area (Å²) in [6, 6.07) is 3.78. The van der Waals surface area contributed by atoms with Gasteiger partial charge in [0.05, 0.1) is 22.4 Å². The van der Waals surface area contributed by atoms with Crippen molar-refractivity contribution in [2.45, 2.75) is 45.7 Å². The Morgan fingerprint density at radius 2 is 1.96 bits per heavy atom. The molecule has 2 aromatic rings. The Bertz CT molecular complexity index is 1020. The molecule has 0 saturated heterocycles. The molecule has 0 unspecified atom stereocenters. The van der Waals surface area contributed by atoms with E-state index >= 15 is 0 Å². The van der Waals surface area contributed by atoms with Crippen LogP contribution in [0.2, 0.25) is 0 Å². The first-order valence-electron chi connectivity index (χ1n) is 8.84. The van der Waals surface area contributed by atoms with Crippen LogP contribution in [-0.2, 0) is 21.6 Å². The maximum Gasteiger partial charge on any atom is 0.332 e. The standard InChI is InChI=1S/C18H22BrN3O6/c1-4-28-16(24)18(2,3)21-15(23)13-11-12(22(26)27)7-8-14(13)20(17(21)25)10-6-5-9-19/h7-8,11H,4-6,9-10H2,1-3H3. The SMILES string of the molecule is CCOC(=O)C(C)(C)n1c(=O)c2cc([N+](=O)[O-])ccc2n(CCCCBr)c1=O. The van der Waals surface area contributed by atoms with Gasteiger partial charge in [-0.3, -0.25) is 19.5 Å². The minimum absolute atomic E-state index is 0.00464. The summed E-state index contributed by atoms with van der Waals surface area (Å²) in [6.45, 7) is 4.85.